The van der Waals surface area contributed by atoms with Crippen LogP contribution < -0.4 is 5.43 Å². The Bertz CT molecular complexity index is 1010. The maximum atomic E-state index is 13.0. The van der Waals surface area contributed by atoms with E-state index in [0.717, 1.165) is 12.1 Å². The number of halogens is 3. The molecule has 0 bridgehead atoms. The van der Waals surface area contributed by atoms with Gasteiger partial charge in [-0.05, 0) is 24.3 Å². The van der Waals surface area contributed by atoms with E-state index in [4.69, 9.17) is 0 Å². The SMILES string of the molecule is Oc1ccccc1-c1nnc2n1NC(c1cccc(C(F)(F)F)c1)=CS2. The number of phenolic OH excluding ortho intramolecular Hbond substituents is 1. The molecule has 2 aromatic carbocycles. The van der Waals surface area contributed by atoms with E-state index in [-0.39, 0.29) is 5.75 Å². The van der Waals surface area contributed by atoms with Crippen molar-refractivity contribution < 1.29 is 18.3 Å². The number of aromatic hydroxyl groups is 1. The fourth-order valence-corrected chi connectivity index (χ4v) is 3.28. The quantitative estimate of drug-likeness (QED) is 0.698. The van der Waals surface area contributed by atoms with Crippen LogP contribution in [0.4, 0.5) is 13.2 Å². The maximum absolute atomic E-state index is 13.0. The average molecular weight is 376 g/mol. The molecule has 0 aliphatic carbocycles. The predicted molar refractivity (Wildman–Crippen MR) is 91.8 cm³/mol. The van der Waals surface area contributed by atoms with E-state index < -0.39 is 11.7 Å². The molecular weight excluding hydrogens is 365 g/mol. The first-order valence-electron chi connectivity index (χ1n) is 7.49. The zero-order valence-electron chi connectivity index (χ0n) is 13.0. The van der Waals surface area contributed by atoms with Crippen molar-refractivity contribution in [1.29, 1.82) is 0 Å². The molecule has 26 heavy (non-hydrogen) atoms. The first-order valence-corrected chi connectivity index (χ1v) is 8.37. The lowest BCUT2D eigenvalue weighted by atomic mass is 10.1. The van der Waals surface area contributed by atoms with Crippen molar-refractivity contribution in [3.05, 3.63) is 65.1 Å². The third-order valence-electron chi connectivity index (χ3n) is 3.79. The van der Waals surface area contributed by atoms with Gasteiger partial charge in [0.25, 0.3) is 0 Å². The lowest BCUT2D eigenvalue weighted by Crippen LogP contribution is -2.18. The van der Waals surface area contributed by atoms with Crippen molar-refractivity contribution in [2.75, 3.05) is 5.43 Å². The van der Waals surface area contributed by atoms with Crippen LogP contribution >= 0.6 is 11.8 Å². The summed E-state index contributed by atoms with van der Waals surface area (Å²) in [5.41, 5.74) is 3.62. The number of alkyl halides is 3. The number of thioether (sulfide) groups is 1. The molecule has 1 aromatic heterocycles. The van der Waals surface area contributed by atoms with Crippen LogP contribution in [0.3, 0.4) is 0 Å². The van der Waals surface area contributed by atoms with Crippen LogP contribution in [0, 0.1) is 0 Å². The average Bonchev–Trinajstić information content (AvgIpc) is 3.04. The van der Waals surface area contributed by atoms with Crippen LogP contribution in [0.25, 0.3) is 17.1 Å². The van der Waals surface area contributed by atoms with Gasteiger partial charge in [0.2, 0.25) is 5.16 Å². The molecular formula is C17H11F3N4OS. The minimum Gasteiger partial charge on any atom is -0.507 e. The van der Waals surface area contributed by atoms with Gasteiger partial charge in [-0.15, -0.1) is 10.2 Å². The van der Waals surface area contributed by atoms with Crippen molar-refractivity contribution in [3.8, 4) is 17.1 Å². The van der Waals surface area contributed by atoms with Gasteiger partial charge in [0.1, 0.15) is 5.75 Å². The molecule has 2 heterocycles. The van der Waals surface area contributed by atoms with Crippen LogP contribution in [0.5, 0.6) is 5.75 Å². The van der Waals surface area contributed by atoms with E-state index in [0.29, 0.717) is 27.8 Å². The number of benzene rings is 2. The Labute approximate surface area is 150 Å². The first-order chi connectivity index (χ1) is 12.4. The second-order valence-corrected chi connectivity index (χ2v) is 6.34. The first kappa shape index (κ1) is 16.5. The standard InChI is InChI=1S/C17H11F3N4OS/c18-17(19,20)11-5-3-4-10(8-11)13-9-26-16-22-21-15(24(16)23-13)12-6-1-2-7-14(12)25/h1-9,23,25H. The van der Waals surface area contributed by atoms with Gasteiger partial charge in [-0.2, -0.15) is 13.2 Å². The van der Waals surface area contributed by atoms with E-state index in [1.54, 1.807) is 29.7 Å². The maximum Gasteiger partial charge on any atom is 0.416 e. The number of hydrogen-bond acceptors (Lipinski definition) is 5. The number of phenols is 1. The largest absolute Gasteiger partial charge is 0.507 e. The van der Waals surface area contributed by atoms with Crippen LogP contribution in [0.2, 0.25) is 0 Å². The molecule has 5 nitrogen and oxygen atoms in total. The second-order valence-electron chi connectivity index (χ2n) is 5.50. The highest BCUT2D eigenvalue weighted by molar-refractivity contribution is 8.02. The summed E-state index contributed by atoms with van der Waals surface area (Å²) in [6, 6.07) is 11.7. The fourth-order valence-electron chi connectivity index (χ4n) is 2.54. The monoisotopic (exact) mass is 376 g/mol. The Morgan fingerprint density at radius 3 is 2.62 bits per heavy atom. The van der Waals surface area contributed by atoms with Gasteiger partial charge < -0.3 is 5.11 Å². The van der Waals surface area contributed by atoms with E-state index >= 15 is 0 Å². The van der Waals surface area contributed by atoms with Crippen LogP contribution in [0.15, 0.2) is 59.1 Å². The minimum atomic E-state index is -4.42. The molecule has 0 fully saturated rings. The Balaban J connectivity index is 1.71. The van der Waals surface area contributed by atoms with Crippen LogP contribution in [-0.4, -0.2) is 20.0 Å². The highest BCUT2D eigenvalue weighted by atomic mass is 32.2. The number of nitrogens with zero attached hydrogens (tertiary/aromatic N) is 3. The summed E-state index contributed by atoms with van der Waals surface area (Å²) in [6.45, 7) is 0. The molecule has 9 heteroatoms. The normalized spacial score (nSPS) is 13.7. The number of rotatable bonds is 2. The minimum absolute atomic E-state index is 0.0321. The highest BCUT2D eigenvalue weighted by Gasteiger charge is 2.31. The highest BCUT2D eigenvalue weighted by Crippen LogP contribution is 2.35. The summed E-state index contributed by atoms with van der Waals surface area (Å²) in [5.74, 6) is 0.396. The third kappa shape index (κ3) is 2.90. The van der Waals surface area contributed by atoms with Gasteiger partial charge >= 0.3 is 6.18 Å². The van der Waals surface area contributed by atoms with Crippen LogP contribution in [0.1, 0.15) is 11.1 Å². The summed E-state index contributed by atoms with van der Waals surface area (Å²) in [6.07, 6.45) is -4.42. The number of aromatic nitrogens is 3. The third-order valence-corrected chi connectivity index (χ3v) is 4.62. The van der Waals surface area contributed by atoms with Crippen molar-refractivity contribution in [2.24, 2.45) is 0 Å². The van der Waals surface area contributed by atoms with Gasteiger partial charge in [0.05, 0.1) is 16.8 Å². The zero-order valence-corrected chi connectivity index (χ0v) is 13.8. The molecule has 0 atom stereocenters. The van der Waals surface area contributed by atoms with Gasteiger partial charge in [-0.1, -0.05) is 36.0 Å². The summed E-state index contributed by atoms with van der Waals surface area (Å²) >= 11 is 1.23. The van der Waals surface area contributed by atoms with Gasteiger partial charge in [-0.25, -0.2) is 4.68 Å². The van der Waals surface area contributed by atoms with E-state index in [2.05, 4.69) is 15.6 Å². The molecule has 132 valence electrons. The summed E-state index contributed by atoms with van der Waals surface area (Å²) < 4.78 is 40.4. The number of nitrogens with one attached hydrogen (secondary N) is 1. The number of para-hydroxylation sites is 1. The smallest absolute Gasteiger partial charge is 0.416 e. The van der Waals surface area contributed by atoms with E-state index in [9.17, 15) is 18.3 Å². The van der Waals surface area contributed by atoms with E-state index in [1.165, 1.54) is 28.6 Å². The molecule has 0 saturated heterocycles. The van der Waals surface area contributed by atoms with Crippen molar-refractivity contribution >= 4 is 17.5 Å². The molecule has 0 saturated carbocycles. The molecule has 0 spiro atoms. The van der Waals surface area contributed by atoms with Gasteiger partial charge in [-0.3, -0.25) is 5.43 Å². The molecule has 0 amide bonds. The summed E-state index contributed by atoms with van der Waals surface area (Å²) in [5, 5.41) is 20.3. The van der Waals surface area contributed by atoms with Gasteiger partial charge in [0.15, 0.2) is 5.82 Å². The number of hydrogen-bond donors (Lipinski definition) is 2. The Morgan fingerprint density at radius 2 is 1.85 bits per heavy atom. The van der Waals surface area contributed by atoms with Crippen LogP contribution in [-0.2, 0) is 6.18 Å². The lowest BCUT2D eigenvalue weighted by molar-refractivity contribution is -0.137. The Morgan fingerprint density at radius 1 is 1.04 bits per heavy atom. The Kier molecular flexibility index (Phi) is 3.87. The molecule has 3 aromatic rings. The number of fused-ring (bicyclic) bond motifs is 1. The van der Waals surface area contributed by atoms with Gasteiger partial charge in [0, 0.05) is 11.0 Å². The lowest BCUT2D eigenvalue weighted by Gasteiger charge is -2.20. The van der Waals surface area contributed by atoms with Crippen molar-refractivity contribution in [2.45, 2.75) is 11.3 Å². The summed E-state index contributed by atoms with van der Waals surface area (Å²) in [4.78, 5) is 0. The molecule has 0 radical (unpaired) electrons. The predicted octanol–water partition coefficient (Wildman–Crippen LogP) is 4.32. The Hall–Kier alpha value is -2.94. The molecule has 4 rings (SSSR count). The summed E-state index contributed by atoms with van der Waals surface area (Å²) in [7, 11) is 0. The topological polar surface area (TPSA) is 63.0 Å². The molecule has 2 N–H and O–H groups in total. The van der Waals surface area contributed by atoms with E-state index in [1.807, 2.05) is 0 Å². The van der Waals surface area contributed by atoms with Crippen molar-refractivity contribution in [1.82, 2.24) is 14.9 Å². The second kappa shape index (κ2) is 6.10. The zero-order chi connectivity index (χ0) is 18.3. The molecule has 0 unspecified atom stereocenters. The fraction of sp³-hybridized carbons (Fsp3) is 0.0588. The molecule has 1 aliphatic heterocycles. The molecule has 1 aliphatic rings. The van der Waals surface area contributed by atoms with Crippen molar-refractivity contribution in [3.63, 3.8) is 0 Å².